The van der Waals surface area contributed by atoms with Crippen LogP contribution in [0.1, 0.15) is 265 Å². The predicted molar refractivity (Wildman–Crippen MR) is 349 cm³/mol. The van der Waals surface area contributed by atoms with E-state index in [4.69, 9.17) is 23.7 Å². The standard InChI is InChI=1S/C73H118O12/c1-4-7-10-13-16-19-22-25-28-31-33-36-38-41-44-47-50-53-56-59-65(74)81-62-64(83-66(75)60-57-54-51-48-45-42-40-37-34-32-29-26-23-20-17-14-11-8-5-2)63-82-73-71(69(78)68(77)70(85-73)72(79)80)84-67(76)61-58-55-52-49-46-43-39-35-30-27-24-21-18-15-12-9-6-3/h7,9-10,12,16,18-19,21,25-30,33,36,39,43,49,52,64,68-71,73,77-78H,4-6,8,11,13-15,17,20,22-24,31-32,34-35,37-38,40-42,44-48,50-51,53-63H2,1-3H3,(H,79,80)/b10-7-,12-9-,19-16-,21-18-,28-25-,29-26-,30-27-,36-33-,43-39-,52-49-. The van der Waals surface area contributed by atoms with Crippen molar-refractivity contribution in [2.75, 3.05) is 13.2 Å². The van der Waals surface area contributed by atoms with Crippen molar-refractivity contribution in [3.05, 3.63) is 122 Å². The highest BCUT2D eigenvalue weighted by molar-refractivity contribution is 5.74. The predicted octanol–water partition coefficient (Wildman–Crippen LogP) is 18.3. The third-order valence-corrected chi connectivity index (χ3v) is 14.5. The number of aliphatic carboxylic acids is 1. The van der Waals surface area contributed by atoms with Crippen LogP contribution in [0.4, 0.5) is 0 Å². The van der Waals surface area contributed by atoms with Gasteiger partial charge in [0.1, 0.15) is 18.8 Å². The maximum absolute atomic E-state index is 13.2. The minimum absolute atomic E-state index is 0.0247. The van der Waals surface area contributed by atoms with E-state index in [-0.39, 0.29) is 25.9 Å². The lowest BCUT2D eigenvalue weighted by atomic mass is 9.98. The number of rotatable bonds is 56. The number of carboxylic acid groups (broad SMARTS) is 1. The average Bonchev–Trinajstić information content (AvgIpc) is 2.83. The zero-order valence-corrected chi connectivity index (χ0v) is 53.3. The van der Waals surface area contributed by atoms with Crippen LogP contribution < -0.4 is 0 Å². The first-order chi connectivity index (χ1) is 41.6. The lowest BCUT2D eigenvalue weighted by molar-refractivity contribution is -0.301. The van der Waals surface area contributed by atoms with Crippen LogP contribution in [0, 0.1) is 0 Å². The van der Waals surface area contributed by atoms with Crippen LogP contribution in [-0.2, 0) is 42.9 Å². The van der Waals surface area contributed by atoms with E-state index >= 15 is 0 Å². The molecule has 3 N–H and O–H groups in total. The van der Waals surface area contributed by atoms with Crippen molar-refractivity contribution in [2.45, 2.75) is 302 Å². The molecule has 1 aliphatic rings. The molecule has 0 aromatic rings. The topological polar surface area (TPSA) is 175 Å². The van der Waals surface area contributed by atoms with Crippen LogP contribution in [0.25, 0.3) is 0 Å². The number of carbonyl (C=O) groups excluding carboxylic acids is 3. The van der Waals surface area contributed by atoms with Gasteiger partial charge in [0, 0.05) is 19.3 Å². The Morgan fingerprint density at radius 1 is 0.400 bits per heavy atom. The van der Waals surface area contributed by atoms with Gasteiger partial charge in [0.25, 0.3) is 0 Å². The van der Waals surface area contributed by atoms with Gasteiger partial charge < -0.3 is 39.0 Å². The van der Waals surface area contributed by atoms with E-state index in [0.717, 1.165) is 128 Å². The number of aliphatic hydroxyl groups excluding tert-OH is 2. The molecule has 482 valence electrons. The number of aliphatic hydroxyl groups is 2. The zero-order chi connectivity index (χ0) is 61.7. The van der Waals surface area contributed by atoms with E-state index < -0.39 is 67.3 Å². The fraction of sp³-hybridized carbons (Fsp3) is 0.671. The minimum atomic E-state index is -1.93. The lowest BCUT2D eigenvalue weighted by Crippen LogP contribution is -2.61. The molecular weight excluding hydrogens is 1070 g/mol. The number of carboxylic acids is 1. The summed E-state index contributed by atoms with van der Waals surface area (Å²) in [7, 11) is 0. The van der Waals surface area contributed by atoms with Crippen molar-refractivity contribution < 1.29 is 58.2 Å². The normalized spacial score (nSPS) is 18.2. The molecule has 85 heavy (non-hydrogen) atoms. The molecule has 0 spiro atoms. The van der Waals surface area contributed by atoms with E-state index in [2.05, 4.69) is 130 Å². The Morgan fingerprint density at radius 2 is 0.753 bits per heavy atom. The first kappa shape index (κ1) is 78.1. The molecule has 1 fully saturated rings. The van der Waals surface area contributed by atoms with Crippen molar-refractivity contribution in [1.29, 1.82) is 0 Å². The molecule has 0 radical (unpaired) electrons. The summed E-state index contributed by atoms with van der Waals surface area (Å²) in [5, 5.41) is 31.6. The maximum Gasteiger partial charge on any atom is 0.335 e. The van der Waals surface area contributed by atoms with Gasteiger partial charge in [0.05, 0.1) is 6.61 Å². The Morgan fingerprint density at radius 3 is 1.18 bits per heavy atom. The number of allylic oxidation sites excluding steroid dienone is 20. The van der Waals surface area contributed by atoms with Crippen LogP contribution >= 0.6 is 0 Å². The molecule has 1 heterocycles. The molecule has 6 unspecified atom stereocenters. The number of ether oxygens (including phenoxy) is 5. The van der Waals surface area contributed by atoms with Gasteiger partial charge in [0.15, 0.2) is 24.6 Å². The van der Waals surface area contributed by atoms with Gasteiger partial charge in [-0.3, -0.25) is 14.4 Å². The summed E-state index contributed by atoms with van der Waals surface area (Å²) in [6.07, 6.45) is 70.1. The number of hydrogen-bond acceptors (Lipinski definition) is 11. The first-order valence-electron chi connectivity index (χ1n) is 33.5. The highest BCUT2D eigenvalue weighted by atomic mass is 16.7. The van der Waals surface area contributed by atoms with E-state index in [1.165, 1.54) is 70.6 Å². The number of carbonyl (C=O) groups is 4. The second kappa shape index (κ2) is 59.5. The van der Waals surface area contributed by atoms with E-state index in [0.29, 0.717) is 25.7 Å². The third-order valence-electron chi connectivity index (χ3n) is 14.5. The molecule has 1 saturated heterocycles. The molecule has 0 saturated carbocycles. The Bertz CT molecular complexity index is 1940. The third kappa shape index (κ3) is 48.9. The smallest absolute Gasteiger partial charge is 0.335 e. The second-order valence-corrected chi connectivity index (χ2v) is 22.3. The number of esters is 3. The molecular formula is C73H118O12. The second-order valence-electron chi connectivity index (χ2n) is 22.3. The van der Waals surface area contributed by atoms with Crippen molar-refractivity contribution in [3.63, 3.8) is 0 Å². The van der Waals surface area contributed by atoms with Gasteiger partial charge in [-0.05, 0) is 122 Å². The molecule has 0 aromatic heterocycles. The van der Waals surface area contributed by atoms with Crippen LogP contribution in [0.3, 0.4) is 0 Å². The summed E-state index contributed by atoms with van der Waals surface area (Å²) in [6.45, 7) is 5.75. The highest BCUT2D eigenvalue weighted by Gasteiger charge is 2.50. The van der Waals surface area contributed by atoms with Gasteiger partial charge in [-0.25, -0.2) is 4.79 Å². The van der Waals surface area contributed by atoms with Gasteiger partial charge in [-0.15, -0.1) is 0 Å². The SMILES string of the molecule is CC/C=C\C/C=C\C/C=C\C/C=C\C/C=C\CCCC(=O)OC1C(OCC(COC(=O)CCCCCCCC/C=C\C/C=C\C/C=C\C/C=C\CC)OC(=O)CCCCCCCCCCC/C=C\CCCCCCCC)OC(C(=O)O)C(O)C1O. The molecule has 1 aliphatic heterocycles. The molecule has 0 amide bonds. The summed E-state index contributed by atoms with van der Waals surface area (Å²) >= 11 is 0. The minimum Gasteiger partial charge on any atom is -0.479 e. The van der Waals surface area contributed by atoms with Crippen LogP contribution in [0.5, 0.6) is 0 Å². The maximum atomic E-state index is 13.2. The number of unbranched alkanes of at least 4 members (excludes halogenated alkanes) is 22. The van der Waals surface area contributed by atoms with Gasteiger partial charge in [0.2, 0.25) is 0 Å². The summed E-state index contributed by atoms with van der Waals surface area (Å²) in [5.74, 6) is -3.22. The summed E-state index contributed by atoms with van der Waals surface area (Å²) in [5.41, 5.74) is 0. The Balaban J connectivity index is 2.70. The monoisotopic (exact) mass is 1190 g/mol. The molecule has 12 nitrogen and oxygen atoms in total. The quantitative estimate of drug-likeness (QED) is 0.0228. The Hall–Kier alpha value is -4.88. The highest BCUT2D eigenvalue weighted by Crippen LogP contribution is 2.26. The fourth-order valence-corrected chi connectivity index (χ4v) is 9.45. The summed E-state index contributed by atoms with van der Waals surface area (Å²) < 4.78 is 28.5. The first-order valence-corrected chi connectivity index (χ1v) is 33.5. The number of hydrogen-bond donors (Lipinski definition) is 3. The summed E-state index contributed by atoms with van der Waals surface area (Å²) in [4.78, 5) is 51.4. The van der Waals surface area contributed by atoms with Crippen molar-refractivity contribution in [2.24, 2.45) is 0 Å². The Labute approximate surface area is 516 Å². The van der Waals surface area contributed by atoms with E-state index in [9.17, 15) is 34.5 Å². The van der Waals surface area contributed by atoms with Gasteiger partial charge in [-0.1, -0.05) is 245 Å². The van der Waals surface area contributed by atoms with Crippen LogP contribution in [0.15, 0.2) is 122 Å². The largest absolute Gasteiger partial charge is 0.479 e. The Kier molecular flexibility index (Phi) is 54.6. The van der Waals surface area contributed by atoms with Crippen molar-refractivity contribution >= 4 is 23.9 Å². The molecule has 0 aromatic carbocycles. The van der Waals surface area contributed by atoms with Gasteiger partial charge >= 0.3 is 23.9 Å². The molecule has 0 aliphatic carbocycles. The van der Waals surface area contributed by atoms with Crippen LogP contribution in [-0.4, -0.2) is 89.2 Å². The van der Waals surface area contributed by atoms with Gasteiger partial charge in [-0.2, -0.15) is 0 Å². The molecule has 12 heteroatoms. The summed E-state index contributed by atoms with van der Waals surface area (Å²) in [6, 6.07) is 0. The lowest BCUT2D eigenvalue weighted by Gasteiger charge is -2.40. The van der Waals surface area contributed by atoms with E-state index in [1.807, 2.05) is 12.2 Å². The fourth-order valence-electron chi connectivity index (χ4n) is 9.45. The average molecular weight is 1190 g/mol. The van der Waals surface area contributed by atoms with Crippen molar-refractivity contribution in [3.8, 4) is 0 Å². The van der Waals surface area contributed by atoms with Crippen LogP contribution in [0.2, 0.25) is 0 Å². The molecule has 1 rings (SSSR count). The van der Waals surface area contributed by atoms with E-state index in [1.54, 1.807) is 0 Å². The molecule has 6 atom stereocenters. The van der Waals surface area contributed by atoms with Crippen molar-refractivity contribution in [1.82, 2.24) is 0 Å². The molecule has 0 bridgehead atoms. The zero-order valence-electron chi connectivity index (χ0n) is 53.3.